The summed E-state index contributed by atoms with van der Waals surface area (Å²) in [6, 6.07) is 10.7. The predicted molar refractivity (Wildman–Crippen MR) is 88.8 cm³/mol. The molecule has 0 spiro atoms. The Balaban J connectivity index is 1.96. The van der Waals surface area contributed by atoms with Crippen LogP contribution in [-0.2, 0) is 6.42 Å². The van der Waals surface area contributed by atoms with Crippen LogP contribution >= 0.6 is 11.3 Å². The summed E-state index contributed by atoms with van der Waals surface area (Å²) in [5.41, 5.74) is 4.50. The number of pyridine rings is 1. The maximum atomic E-state index is 4.82. The topological polar surface area (TPSA) is 37.8 Å². The molecule has 2 aromatic heterocycles. The monoisotopic (exact) mass is 297 g/mol. The number of aryl methyl sites for hydroxylation is 2. The van der Waals surface area contributed by atoms with Crippen molar-refractivity contribution >= 4 is 22.2 Å². The van der Waals surface area contributed by atoms with E-state index in [2.05, 4.69) is 46.9 Å². The number of hydrogen-bond acceptors (Lipinski definition) is 4. The number of aromatic nitrogens is 2. The van der Waals surface area contributed by atoms with E-state index in [4.69, 9.17) is 4.98 Å². The third-order valence-electron chi connectivity index (χ3n) is 3.69. The van der Waals surface area contributed by atoms with E-state index in [0.29, 0.717) is 0 Å². The summed E-state index contributed by atoms with van der Waals surface area (Å²) in [6.07, 6.45) is 0.875. The molecule has 1 atom stereocenters. The van der Waals surface area contributed by atoms with Crippen LogP contribution in [0.4, 0.5) is 0 Å². The highest BCUT2D eigenvalue weighted by Gasteiger charge is 2.15. The van der Waals surface area contributed by atoms with Crippen molar-refractivity contribution in [2.24, 2.45) is 0 Å². The number of thiazole rings is 1. The SMILES string of the molecule is CNC(Cc1nc(C)cs1)c1cc(C)c2ccccc2n1. The van der Waals surface area contributed by atoms with E-state index < -0.39 is 0 Å². The fraction of sp³-hybridized carbons (Fsp3) is 0.294. The average molecular weight is 297 g/mol. The third kappa shape index (κ3) is 2.96. The van der Waals surface area contributed by atoms with Gasteiger partial charge in [-0.05, 0) is 38.6 Å². The maximum absolute atomic E-state index is 4.82. The van der Waals surface area contributed by atoms with Gasteiger partial charge in [0.2, 0.25) is 0 Å². The van der Waals surface area contributed by atoms with Gasteiger partial charge in [0.15, 0.2) is 0 Å². The van der Waals surface area contributed by atoms with E-state index in [-0.39, 0.29) is 6.04 Å². The lowest BCUT2D eigenvalue weighted by Gasteiger charge is -2.16. The predicted octanol–water partition coefficient (Wildman–Crippen LogP) is 3.81. The third-order valence-corrected chi connectivity index (χ3v) is 4.68. The zero-order chi connectivity index (χ0) is 14.8. The van der Waals surface area contributed by atoms with Crippen LogP contribution in [0.25, 0.3) is 10.9 Å². The fourth-order valence-corrected chi connectivity index (χ4v) is 3.40. The maximum Gasteiger partial charge on any atom is 0.0947 e. The normalized spacial score (nSPS) is 12.7. The van der Waals surface area contributed by atoms with Gasteiger partial charge in [0.25, 0.3) is 0 Å². The zero-order valence-electron chi connectivity index (χ0n) is 12.6. The molecule has 0 bridgehead atoms. The molecule has 3 nitrogen and oxygen atoms in total. The van der Waals surface area contributed by atoms with Gasteiger partial charge in [-0.15, -0.1) is 11.3 Å². The standard InChI is InChI=1S/C17H19N3S/c1-11-8-16(20-14-7-5-4-6-13(11)14)15(18-3)9-17-19-12(2)10-21-17/h4-8,10,15,18H,9H2,1-3H3. The number of para-hydroxylation sites is 1. The molecule has 108 valence electrons. The van der Waals surface area contributed by atoms with E-state index in [9.17, 15) is 0 Å². The van der Waals surface area contributed by atoms with Crippen molar-refractivity contribution in [1.29, 1.82) is 0 Å². The zero-order valence-corrected chi connectivity index (χ0v) is 13.4. The first-order valence-corrected chi connectivity index (χ1v) is 8.00. The Morgan fingerprint density at radius 2 is 2.00 bits per heavy atom. The lowest BCUT2D eigenvalue weighted by Crippen LogP contribution is -2.20. The van der Waals surface area contributed by atoms with E-state index in [1.54, 1.807) is 11.3 Å². The van der Waals surface area contributed by atoms with Crippen LogP contribution in [0.2, 0.25) is 0 Å². The fourth-order valence-electron chi connectivity index (χ4n) is 2.58. The van der Waals surface area contributed by atoms with Crippen LogP contribution in [0.5, 0.6) is 0 Å². The number of rotatable bonds is 4. The summed E-state index contributed by atoms with van der Waals surface area (Å²) in [7, 11) is 1.98. The molecule has 0 amide bonds. The van der Waals surface area contributed by atoms with E-state index >= 15 is 0 Å². The minimum atomic E-state index is 0.193. The second-order valence-electron chi connectivity index (χ2n) is 5.31. The Labute approximate surface area is 129 Å². The molecule has 21 heavy (non-hydrogen) atoms. The van der Waals surface area contributed by atoms with Gasteiger partial charge in [0.1, 0.15) is 0 Å². The minimum absolute atomic E-state index is 0.193. The van der Waals surface area contributed by atoms with Gasteiger partial charge in [0, 0.05) is 22.9 Å². The highest BCUT2D eigenvalue weighted by atomic mass is 32.1. The molecule has 0 aliphatic carbocycles. The minimum Gasteiger partial charge on any atom is -0.311 e. The van der Waals surface area contributed by atoms with Gasteiger partial charge >= 0.3 is 0 Å². The van der Waals surface area contributed by atoms with Crippen molar-refractivity contribution in [1.82, 2.24) is 15.3 Å². The highest BCUT2D eigenvalue weighted by Crippen LogP contribution is 2.24. The second kappa shape index (κ2) is 5.92. The molecule has 1 aromatic carbocycles. The number of nitrogens with one attached hydrogen (secondary N) is 1. The number of fused-ring (bicyclic) bond motifs is 1. The van der Waals surface area contributed by atoms with Gasteiger partial charge in [0.05, 0.1) is 22.3 Å². The number of nitrogens with zero attached hydrogens (tertiary/aromatic N) is 2. The van der Waals surface area contributed by atoms with Gasteiger partial charge in [-0.1, -0.05) is 18.2 Å². The van der Waals surface area contributed by atoms with Crippen LogP contribution in [0.3, 0.4) is 0 Å². The molecule has 3 rings (SSSR count). The lowest BCUT2D eigenvalue weighted by atomic mass is 10.0. The Hall–Kier alpha value is -1.78. The summed E-state index contributed by atoms with van der Waals surface area (Å²) in [5.74, 6) is 0. The largest absolute Gasteiger partial charge is 0.311 e. The van der Waals surface area contributed by atoms with Crippen molar-refractivity contribution < 1.29 is 0 Å². The first-order chi connectivity index (χ1) is 10.2. The van der Waals surface area contributed by atoms with E-state index in [1.807, 2.05) is 20.0 Å². The lowest BCUT2D eigenvalue weighted by molar-refractivity contribution is 0.575. The molecule has 0 fully saturated rings. The van der Waals surface area contributed by atoms with Crippen LogP contribution < -0.4 is 5.32 Å². The van der Waals surface area contributed by atoms with Gasteiger partial charge in [-0.3, -0.25) is 4.98 Å². The van der Waals surface area contributed by atoms with Crippen molar-refractivity contribution in [3.05, 3.63) is 57.7 Å². The summed E-state index contributed by atoms with van der Waals surface area (Å²) < 4.78 is 0. The molecule has 4 heteroatoms. The van der Waals surface area contributed by atoms with Crippen LogP contribution in [0.1, 0.15) is 28.0 Å². The van der Waals surface area contributed by atoms with E-state index in [1.165, 1.54) is 10.9 Å². The first-order valence-electron chi connectivity index (χ1n) is 7.12. The molecule has 0 aliphatic rings. The van der Waals surface area contributed by atoms with Crippen molar-refractivity contribution in [2.75, 3.05) is 7.05 Å². The molecular weight excluding hydrogens is 278 g/mol. The molecule has 2 heterocycles. The summed E-state index contributed by atoms with van der Waals surface area (Å²) in [5, 5.41) is 7.85. The number of likely N-dealkylation sites (N-methyl/N-ethyl adjacent to an activating group) is 1. The van der Waals surface area contributed by atoms with Gasteiger partial charge in [-0.2, -0.15) is 0 Å². The highest BCUT2D eigenvalue weighted by molar-refractivity contribution is 7.09. The summed E-state index contributed by atoms with van der Waals surface area (Å²) in [6.45, 7) is 4.18. The molecule has 1 unspecified atom stereocenters. The Morgan fingerprint density at radius 3 is 2.71 bits per heavy atom. The molecule has 0 aliphatic heterocycles. The summed E-state index contributed by atoms with van der Waals surface area (Å²) in [4.78, 5) is 9.38. The van der Waals surface area contributed by atoms with E-state index in [0.717, 1.165) is 28.3 Å². The summed E-state index contributed by atoms with van der Waals surface area (Å²) >= 11 is 1.72. The van der Waals surface area contributed by atoms with Crippen LogP contribution in [0.15, 0.2) is 35.7 Å². The Morgan fingerprint density at radius 1 is 1.19 bits per heavy atom. The van der Waals surface area contributed by atoms with Crippen LogP contribution in [0, 0.1) is 13.8 Å². The quantitative estimate of drug-likeness (QED) is 0.795. The second-order valence-corrected chi connectivity index (χ2v) is 6.25. The number of hydrogen-bond donors (Lipinski definition) is 1. The molecule has 0 radical (unpaired) electrons. The molecule has 1 N–H and O–H groups in total. The first kappa shape index (κ1) is 14.2. The van der Waals surface area contributed by atoms with Crippen LogP contribution in [-0.4, -0.2) is 17.0 Å². The smallest absolute Gasteiger partial charge is 0.0947 e. The van der Waals surface area contributed by atoms with Crippen molar-refractivity contribution in [3.8, 4) is 0 Å². The van der Waals surface area contributed by atoms with Crippen molar-refractivity contribution in [3.63, 3.8) is 0 Å². The Kier molecular flexibility index (Phi) is 3.99. The molecule has 0 saturated carbocycles. The molecular formula is C17H19N3S. The number of benzene rings is 1. The van der Waals surface area contributed by atoms with Crippen molar-refractivity contribution in [2.45, 2.75) is 26.3 Å². The van der Waals surface area contributed by atoms with Gasteiger partial charge < -0.3 is 5.32 Å². The molecule has 0 saturated heterocycles. The average Bonchev–Trinajstić information content (AvgIpc) is 2.90. The molecule has 3 aromatic rings. The van der Waals surface area contributed by atoms with Gasteiger partial charge in [-0.25, -0.2) is 4.98 Å². The Bertz CT molecular complexity index is 764.